The maximum Gasteiger partial charge on any atom is 0.120 e. The average molecular weight is 324 g/mol. The molecular formula is C22H28O2. The van der Waals surface area contributed by atoms with Crippen molar-refractivity contribution in [3.05, 3.63) is 47.5 Å². The van der Waals surface area contributed by atoms with Gasteiger partial charge in [-0.3, -0.25) is 0 Å². The van der Waals surface area contributed by atoms with E-state index in [0.29, 0.717) is 6.61 Å². The predicted octanol–water partition coefficient (Wildman–Crippen LogP) is 4.45. The number of fused-ring (bicyclic) bond motifs is 1. The Hall–Kier alpha value is -1.82. The minimum atomic E-state index is -0.962. The summed E-state index contributed by atoms with van der Waals surface area (Å²) in [6.07, 6.45) is 6.79. The third kappa shape index (κ3) is 6.35. The predicted molar refractivity (Wildman–Crippen MR) is 101 cm³/mol. The van der Waals surface area contributed by atoms with E-state index in [1.54, 1.807) is 13.8 Å². The van der Waals surface area contributed by atoms with Gasteiger partial charge in [0.25, 0.3) is 0 Å². The molecule has 0 bridgehead atoms. The fourth-order valence-corrected chi connectivity index (χ4v) is 2.72. The number of hydrogen-bond donors (Lipinski definition) is 2. The lowest BCUT2D eigenvalue weighted by Crippen LogP contribution is -2.14. The fourth-order valence-electron chi connectivity index (χ4n) is 2.72. The van der Waals surface area contributed by atoms with Crippen LogP contribution in [-0.4, -0.2) is 22.4 Å². The average Bonchev–Trinajstić information content (AvgIpc) is 2.55. The van der Waals surface area contributed by atoms with Crippen LogP contribution >= 0.6 is 0 Å². The largest absolute Gasteiger partial charge is 0.396 e. The second kappa shape index (κ2) is 8.87. The van der Waals surface area contributed by atoms with Gasteiger partial charge in [0.05, 0.1) is 0 Å². The van der Waals surface area contributed by atoms with Crippen LogP contribution in [0.1, 0.15) is 57.1 Å². The number of benzene rings is 2. The molecule has 0 heterocycles. The molecular weight excluding hydrogens is 296 g/mol. The van der Waals surface area contributed by atoms with Gasteiger partial charge in [0.15, 0.2) is 0 Å². The van der Waals surface area contributed by atoms with Crippen molar-refractivity contribution in [1.82, 2.24) is 0 Å². The zero-order valence-electron chi connectivity index (χ0n) is 14.8. The highest BCUT2D eigenvalue weighted by atomic mass is 16.3. The summed E-state index contributed by atoms with van der Waals surface area (Å²) in [7, 11) is 0. The van der Waals surface area contributed by atoms with Gasteiger partial charge in [0.1, 0.15) is 5.60 Å². The number of aryl methyl sites for hydroxylation is 1. The van der Waals surface area contributed by atoms with Crippen LogP contribution in [0.15, 0.2) is 36.4 Å². The third-order valence-corrected chi connectivity index (χ3v) is 4.04. The van der Waals surface area contributed by atoms with Crippen molar-refractivity contribution < 1.29 is 10.2 Å². The molecule has 2 rings (SSSR count). The zero-order valence-corrected chi connectivity index (χ0v) is 14.8. The van der Waals surface area contributed by atoms with Gasteiger partial charge in [-0.05, 0) is 61.6 Å². The second-order valence-corrected chi connectivity index (χ2v) is 6.95. The minimum Gasteiger partial charge on any atom is -0.396 e. The minimum absolute atomic E-state index is 0.312. The second-order valence-electron chi connectivity index (χ2n) is 6.95. The van der Waals surface area contributed by atoms with Crippen molar-refractivity contribution in [3.63, 3.8) is 0 Å². The van der Waals surface area contributed by atoms with Crippen LogP contribution in [0.4, 0.5) is 0 Å². The molecule has 2 N–H and O–H groups in total. The van der Waals surface area contributed by atoms with E-state index in [4.69, 9.17) is 5.11 Å². The van der Waals surface area contributed by atoms with Crippen molar-refractivity contribution in [2.75, 3.05) is 6.61 Å². The van der Waals surface area contributed by atoms with Crippen LogP contribution in [0.3, 0.4) is 0 Å². The number of rotatable bonds is 7. The summed E-state index contributed by atoms with van der Waals surface area (Å²) in [5, 5.41) is 20.9. The first-order valence-corrected chi connectivity index (χ1v) is 8.87. The molecule has 0 fully saturated rings. The molecule has 0 radical (unpaired) electrons. The molecule has 0 aromatic heterocycles. The Morgan fingerprint density at radius 3 is 2.29 bits per heavy atom. The van der Waals surface area contributed by atoms with E-state index < -0.39 is 5.60 Å². The molecule has 2 aromatic carbocycles. The smallest absolute Gasteiger partial charge is 0.120 e. The topological polar surface area (TPSA) is 40.5 Å². The molecule has 0 saturated heterocycles. The molecule has 24 heavy (non-hydrogen) atoms. The Bertz CT molecular complexity index is 714. The van der Waals surface area contributed by atoms with Gasteiger partial charge in [-0.25, -0.2) is 0 Å². The SMILES string of the molecule is CC(C)(O)C#Cc1ccc2cc(CCCCCCCO)ccc2c1. The number of unbranched alkanes of at least 4 members (excludes halogenated alkanes) is 4. The molecule has 2 heteroatoms. The van der Waals surface area contributed by atoms with Crippen molar-refractivity contribution >= 4 is 10.8 Å². The van der Waals surface area contributed by atoms with Crippen LogP contribution < -0.4 is 0 Å². The van der Waals surface area contributed by atoms with Gasteiger partial charge in [0, 0.05) is 12.2 Å². The molecule has 0 aliphatic heterocycles. The van der Waals surface area contributed by atoms with Crippen molar-refractivity contribution in [1.29, 1.82) is 0 Å². The monoisotopic (exact) mass is 324 g/mol. The Balaban J connectivity index is 1.97. The Morgan fingerprint density at radius 1 is 0.875 bits per heavy atom. The van der Waals surface area contributed by atoms with Gasteiger partial charge in [-0.2, -0.15) is 0 Å². The lowest BCUT2D eigenvalue weighted by atomic mass is 10.0. The van der Waals surface area contributed by atoms with Gasteiger partial charge in [-0.1, -0.05) is 55.4 Å². The maximum absolute atomic E-state index is 9.69. The van der Waals surface area contributed by atoms with Gasteiger partial charge in [-0.15, -0.1) is 0 Å². The van der Waals surface area contributed by atoms with Crippen LogP contribution in [0.2, 0.25) is 0 Å². The molecule has 0 amide bonds. The Labute approximate surface area is 145 Å². The van der Waals surface area contributed by atoms with E-state index >= 15 is 0 Å². The maximum atomic E-state index is 9.69. The summed E-state index contributed by atoms with van der Waals surface area (Å²) >= 11 is 0. The fraction of sp³-hybridized carbons (Fsp3) is 0.455. The van der Waals surface area contributed by atoms with Crippen LogP contribution in [-0.2, 0) is 6.42 Å². The summed E-state index contributed by atoms with van der Waals surface area (Å²) in [5.41, 5.74) is 1.34. The third-order valence-electron chi connectivity index (χ3n) is 4.04. The highest BCUT2D eigenvalue weighted by Gasteiger charge is 2.06. The normalized spacial score (nSPS) is 11.3. The first-order chi connectivity index (χ1) is 11.5. The van der Waals surface area contributed by atoms with E-state index in [2.05, 4.69) is 42.2 Å². The number of aliphatic hydroxyl groups is 2. The van der Waals surface area contributed by atoms with Crippen LogP contribution in [0.25, 0.3) is 10.8 Å². The van der Waals surface area contributed by atoms with Gasteiger partial charge < -0.3 is 10.2 Å². The van der Waals surface area contributed by atoms with Crippen molar-refractivity contribution in [2.24, 2.45) is 0 Å². The van der Waals surface area contributed by atoms with E-state index in [1.165, 1.54) is 35.6 Å². The van der Waals surface area contributed by atoms with Crippen molar-refractivity contribution in [3.8, 4) is 11.8 Å². The highest BCUT2D eigenvalue weighted by Crippen LogP contribution is 2.19. The number of aliphatic hydroxyl groups excluding tert-OH is 1. The molecule has 0 saturated carbocycles. The molecule has 2 nitrogen and oxygen atoms in total. The van der Waals surface area contributed by atoms with Crippen LogP contribution in [0.5, 0.6) is 0 Å². The molecule has 0 aliphatic rings. The summed E-state index contributed by atoms with van der Waals surface area (Å²) in [5.74, 6) is 5.89. The van der Waals surface area contributed by atoms with Gasteiger partial charge >= 0.3 is 0 Å². The zero-order chi connectivity index (χ0) is 17.4. The van der Waals surface area contributed by atoms with E-state index in [1.807, 2.05) is 6.07 Å². The molecule has 0 unspecified atom stereocenters. The van der Waals surface area contributed by atoms with E-state index in [-0.39, 0.29) is 0 Å². The Kier molecular flexibility index (Phi) is 6.85. The van der Waals surface area contributed by atoms with E-state index in [9.17, 15) is 5.11 Å². The highest BCUT2D eigenvalue weighted by molar-refractivity contribution is 5.84. The van der Waals surface area contributed by atoms with Crippen LogP contribution in [0, 0.1) is 11.8 Å². The summed E-state index contributed by atoms with van der Waals surface area (Å²) < 4.78 is 0. The van der Waals surface area contributed by atoms with Crippen molar-refractivity contribution in [2.45, 2.75) is 58.0 Å². The standard InChI is InChI=1S/C22H28O2/c1-22(2,24)14-13-19-10-12-20-16-18(9-11-21(20)17-19)8-6-4-3-5-7-15-23/h9-12,16-17,23-24H,3-8,15H2,1-2H3. The summed E-state index contributed by atoms with van der Waals surface area (Å²) in [6, 6.07) is 12.8. The Morgan fingerprint density at radius 2 is 1.54 bits per heavy atom. The van der Waals surface area contributed by atoms with E-state index in [0.717, 1.165) is 24.8 Å². The molecule has 0 aliphatic carbocycles. The molecule has 128 valence electrons. The molecule has 0 atom stereocenters. The summed E-state index contributed by atoms with van der Waals surface area (Å²) in [4.78, 5) is 0. The summed E-state index contributed by atoms with van der Waals surface area (Å²) in [6.45, 7) is 3.70. The number of hydrogen-bond acceptors (Lipinski definition) is 2. The molecule has 0 spiro atoms. The lowest BCUT2D eigenvalue weighted by Gasteiger charge is -2.07. The first kappa shape index (κ1) is 18.5. The lowest BCUT2D eigenvalue weighted by molar-refractivity contribution is 0.143. The molecule has 2 aromatic rings. The first-order valence-electron chi connectivity index (χ1n) is 8.87. The quantitative estimate of drug-likeness (QED) is 0.583. The van der Waals surface area contributed by atoms with Gasteiger partial charge in [0.2, 0.25) is 0 Å².